The summed E-state index contributed by atoms with van der Waals surface area (Å²) >= 11 is 0. The van der Waals surface area contributed by atoms with E-state index >= 15 is 0 Å². The molecule has 2 fully saturated rings. The Morgan fingerprint density at radius 1 is 1.19 bits per heavy atom. The third-order valence-electron chi connectivity index (χ3n) is 5.01. The number of amides is 1. The van der Waals surface area contributed by atoms with Gasteiger partial charge >= 0.3 is 0 Å². The highest BCUT2D eigenvalue weighted by Crippen LogP contribution is 2.23. The number of aromatic nitrogens is 2. The summed E-state index contributed by atoms with van der Waals surface area (Å²) in [5, 5.41) is 0. The molecule has 0 radical (unpaired) electrons. The number of carbonyl (C=O) groups is 1. The van der Waals surface area contributed by atoms with Crippen LogP contribution in [0.3, 0.4) is 0 Å². The first-order valence-electron chi connectivity index (χ1n) is 9.45. The van der Waals surface area contributed by atoms with Gasteiger partial charge in [-0.2, -0.15) is 0 Å². The van der Waals surface area contributed by atoms with Gasteiger partial charge in [0.25, 0.3) is 5.91 Å². The van der Waals surface area contributed by atoms with E-state index in [0.717, 1.165) is 38.4 Å². The van der Waals surface area contributed by atoms with Crippen molar-refractivity contribution in [1.82, 2.24) is 14.9 Å². The lowest BCUT2D eigenvalue weighted by Gasteiger charge is -2.35. The van der Waals surface area contributed by atoms with E-state index in [1.54, 1.807) is 18.6 Å². The summed E-state index contributed by atoms with van der Waals surface area (Å²) in [4.78, 5) is 25.5. The van der Waals surface area contributed by atoms with Crippen LogP contribution >= 0.6 is 0 Å². The molecule has 27 heavy (non-hydrogen) atoms. The van der Waals surface area contributed by atoms with Crippen LogP contribution in [0.5, 0.6) is 5.75 Å². The number of carbonyl (C=O) groups excluding carboxylic acids is 1. The van der Waals surface area contributed by atoms with Crippen molar-refractivity contribution < 1.29 is 14.3 Å². The van der Waals surface area contributed by atoms with Crippen LogP contribution in [0, 0.1) is 0 Å². The molecule has 0 aliphatic carbocycles. The number of ether oxygens (including phenoxy) is 2. The van der Waals surface area contributed by atoms with E-state index < -0.39 is 0 Å². The van der Waals surface area contributed by atoms with Crippen molar-refractivity contribution in [3.05, 3.63) is 48.4 Å². The van der Waals surface area contributed by atoms with E-state index in [9.17, 15) is 4.79 Å². The Bertz CT molecular complexity index is 757. The fraction of sp³-hybridized carbons (Fsp3) is 0.450. The summed E-state index contributed by atoms with van der Waals surface area (Å²) in [6.45, 7) is 4.06. The summed E-state index contributed by atoms with van der Waals surface area (Å²) in [5.74, 6) is 1.50. The topological polar surface area (TPSA) is 67.8 Å². The molecule has 4 rings (SSSR count). The van der Waals surface area contributed by atoms with E-state index in [1.165, 1.54) is 0 Å². The first-order chi connectivity index (χ1) is 13.3. The number of rotatable bonds is 5. The summed E-state index contributed by atoms with van der Waals surface area (Å²) < 4.78 is 11.5. The molecule has 7 heteroatoms. The second kappa shape index (κ2) is 8.35. The second-order valence-electron chi connectivity index (χ2n) is 6.79. The van der Waals surface area contributed by atoms with Crippen molar-refractivity contribution in [1.29, 1.82) is 0 Å². The van der Waals surface area contributed by atoms with Gasteiger partial charge in [-0.25, -0.2) is 4.98 Å². The van der Waals surface area contributed by atoms with Gasteiger partial charge in [0.2, 0.25) is 0 Å². The Balaban J connectivity index is 1.38. The molecule has 2 aromatic rings. The molecule has 2 aliphatic rings. The summed E-state index contributed by atoms with van der Waals surface area (Å²) in [6, 6.07) is 7.47. The predicted molar refractivity (Wildman–Crippen MR) is 101 cm³/mol. The maximum Gasteiger partial charge on any atom is 0.257 e. The number of hydrogen-bond acceptors (Lipinski definition) is 6. The van der Waals surface area contributed by atoms with Crippen LogP contribution in [0.15, 0.2) is 42.9 Å². The van der Waals surface area contributed by atoms with Crippen molar-refractivity contribution in [2.75, 3.05) is 44.3 Å². The van der Waals surface area contributed by atoms with Crippen LogP contribution in [-0.4, -0.2) is 66.3 Å². The highest BCUT2D eigenvalue weighted by molar-refractivity contribution is 5.97. The average Bonchev–Trinajstić information content (AvgIpc) is 3.26. The van der Waals surface area contributed by atoms with Crippen molar-refractivity contribution in [3.63, 3.8) is 0 Å². The van der Waals surface area contributed by atoms with Gasteiger partial charge in [0.05, 0.1) is 17.9 Å². The van der Waals surface area contributed by atoms with E-state index in [1.807, 2.05) is 29.2 Å². The zero-order chi connectivity index (χ0) is 18.5. The van der Waals surface area contributed by atoms with E-state index in [-0.39, 0.29) is 12.0 Å². The zero-order valence-corrected chi connectivity index (χ0v) is 15.3. The van der Waals surface area contributed by atoms with Gasteiger partial charge in [-0.3, -0.25) is 9.78 Å². The maximum atomic E-state index is 13.0. The second-order valence-corrected chi connectivity index (χ2v) is 6.79. The minimum atomic E-state index is 0.0109. The summed E-state index contributed by atoms with van der Waals surface area (Å²) in [7, 11) is 0. The van der Waals surface area contributed by atoms with Gasteiger partial charge < -0.3 is 19.3 Å². The van der Waals surface area contributed by atoms with Gasteiger partial charge in [-0.1, -0.05) is 12.1 Å². The Labute approximate surface area is 158 Å². The fourth-order valence-electron chi connectivity index (χ4n) is 3.49. The molecule has 2 saturated heterocycles. The molecule has 1 aromatic heterocycles. The Morgan fingerprint density at radius 3 is 2.78 bits per heavy atom. The number of anilines is 1. The summed E-state index contributed by atoms with van der Waals surface area (Å²) in [5.41, 5.74) is 0.614. The molecule has 142 valence electrons. The van der Waals surface area contributed by atoms with Crippen molar-refractivity contribution in [2.45, 2.75) is 18.9 Å². The van der Waals surface area contributed by atoms with Crippen LogP contribution in [0.1, 0.15) is 23.2 Å². The molecule has 0 spiro atoms. The molecule has 0 unspecified atom stereocenters. The first-order valence-corrected chi connectivity index (χ1v) is 9.45. The molecular weight excluding hydrogens is 344 g/mol. The van der Waals surface area contributed by atoms with Gasteiger partial charge in [-0.05, 0) is 25.0 Å². The lowest BCUT2D eigenvalue weighted by molar-refractivity contribution is 0.0648. The molecular formula is C20H24N4O3. The number of benzene rings is 1. The van der Waals surface area contributed by atoms with Crippen LogP contribution in [0.25, 0.3) is 0 Å². The first kappa shape index (κ1) is 17.7. The molecule has 7 nitrogen and oxygen atoms in total. The van der Waals surface area contributed by atoms with E-state index in [0.29, 0.717) is 31.0 Å². The number of hydrogen-bond donors (Lipinski definition) is 0. The Morgan fingerprint density at radius 2 is 2.04 bits per heavy atom. The minimum Gasteiger partial charge on any atom is -0.490 e. The maximum absolute atomic E-state index is 13.0. The van der Waals surface area contributed by atoms with Crippen LogP contribution < -0.4 is 9.64 Å². The number of piperazine rings is 1. The van der Waals surface area contributed by atoms with Crippen molar-refractivity contribution in [3.8, 4) is 5.75 Å². The molecule has 0 N–H and O–H groups in total. The molecule has 1 atom stereocenters. The molecule has 1 amide bonds. The average molecular weight is 368 g/mol. The van der Waals surface area contributed by atoms with Gasteiger partial charge in [0, 0.05) is 45.2 Å². The van der Waals surface area contributed by atoms with Gasteiger partial charge in [0.15, 0.2) is 0 Å². The molecule has 0 bridgehead atoms. The standard InChI is InChI=1S/C20H24N4O3/c25-20(24-11-9-23(10-12-24)19-14-21-7-8-22-19)17-5-1-2-6-18(17)27-15-16-4-3-13-26-16/h1-2,5-8,14,16H,3-4,9-13,15H2/t16-/m1/s1. The zero-order valence-electron chi connectivity index (χ0n) is 15.3. The third kappa shape index (κ3) is 4.19. The third-order valence-corrected chi connectivity index (χ3v) is 5.01. The van der Waals surface area contributed by atoms with Crippen molar-refractivity contribution in [2.24, 2.45) is 0 Å². The normalized spacial score (nSPS) is 19.9. The Hall–Kier alpha value is -2.67. The molecule has 2 aliphatic heterocycles. The molecule has 1 aromatic carbocycles. The molecule has 3 heterocycles. The monoisotopic (exact) mass is 368 g/mol. The molecule has 0 saturated carbocycles. The van der Waals surface area contributed by atoms with Gasteiger partial charge in [-0.15, -0.1) is 0 Å². The lowest BCUT2D eigenvalue weighted by atomic mass is 10.1. The lowest BCUT2D eigenvalue weighted by Crippen LogP contribution is -2.49. The minimum absolute atomic E-state index is 0.0109. The fourth-order valence-corrected chi connectivity index (χ4v) is 3.49. The Kier molecular flexibility index (Phi) is 5.48. The van der Waals surface area contributed by atoms with Crippen LogP contribution in [0.4, 0.5) is 5.82 Å². The highest BCUT2D eigenvalue weighted by Gasteiger charge is 2.25. The quantitative estimate of drug-likeness (QED) is 0.804. The summed E-state index contributed by atoms with van der Waals surface area (Å²) in [6.07, 6.45) is 7.33. The van der Waals surface area contributed by atoms with E-state index in [2.05, 4.69) is 14.9 Å². The highest BCUT2D eigenvalue weighted by atomic mass is 16.5. The van der Waals surface area contributed by atoms with Crippen molar-refractivity contribution >= 4 is 11.7 Å². The van der Waals surface area contributed by atoms with Crippen LogP contribution in [0.2, 0.25) is 0 Å². The number of nitrogens with zero attached hydrogens (tertiary/aromatic N) is 4. The van der Waals surface area contributed by atoms with E-state index in [4.69, 9.17) is 9.47 Å². The van der Waals surface area contributed by atoms with Crippen LogP contribution in [-0.2, 0) is 4.74 Å². The largest absolute Gasteiger partial charge is 0.490 e. The number of para-hydroxylation sites is 1. The smallest absolute Gasteiger partial charge is 0.257 e. The predicted octanol–water partition coefficient (Wildman–Crippen LogP) is 2.00. The van der Waals surface area contributed by atoms with Gasteiger partial charge in [0.1, 0.15) is 18.2 Å². The SMILES string of the molecule is O=C(c1ccccc1OC[C@H]1CCCO1)N1CCN(c2cnccn2)CC1.